The van der Waals surface area contributed by atoms with Gasteiger partial charge in [-0.05, 0) is 55.1 Å². The van der Waals surface area contributed by atoms with Gasteiger partial charge in [-0.3, -0.25) is 10.1 Å². The van der Waals surface area contributed by atoms with Crippen LogP contribution in [0.2, 0.25) is 5.02 Å². The Morgan fingerprint density at radius 3 is 2.43 bits per heavy atom. The van der Waals surface area contributed by atoms with E-state index in [4.69, 9.17) is 21.1 Å². The topological polar surface area (TPSA) is 73.6 Å². The van der Waals surface area contributed by atoms with Crippen molar-refractivity contribution < 1.29 is 14.4 Å². The molecule has 0 saturated carbocycles. The molecule has 0 aromatic heterocycles. The highest BCUT2D eigenvalue weighted by Crippen LogP contribution is 2.34. The van der Waals surface area contributed by atoms with Crippen molar-refractivity contribution in [3.63, 3.8) is 0 Å². The van der Waals surface area contributed by atoms with E-state index in [1.807, 2.05) is 13.0 Å². The first-order valence-corrected chi connectivity index (χ1v) is 9.80. The van der Waals surface area contributed by atoms with Crippen molar-refractivity contribution in [3.8, 4) is 11.5 Å². The van der Waals surface area contributed by atoms with Crippen molar-refractivity contribution in [3.05, 3.63) is 62.7 Å². The normalized spacial score (nSPS) is 10.9. The molecule has 0 aliphatic rings. The van der Waals surface area contributed by atoms with Crippen molar-refractivity contribution >= 4 is 17.3 Å². The van der Waals surface area contributed by atoms with E-state index in [-0.39, 0.29) is 12.3 Å². The van der Waals surface area contributed by atoms with Gasteiger partial charge in [0.15, 0.2) is 11.5 Å². The Morgan fingerprint density at radius 1 is 1.14 bits per heavy atom. The van der Waals surface area contributed by atoms with Crippen LogP contribution < -0.4 is 14.8 Å². The average Bonchev–Trinajstić information content (AvgIpc) is 2.66. The molecule has 2 aromatic rings. The van der Waals surface area contributed by atoms with Gasteiger partial charge in [0.1, 0.15) is 6.61 Å². The van der Waals surface area contributed by atoms with Crippen molar-refractivity contribution in [1.29, 1.82) is 0 Å². The molecule has 0 radical (unpaired) electrons. The molecule has 1 N–H and O–H groups in total. The van der Waals surface area contributed by atoms with E-state index in [0.29, 0.717) is 35.6 Å². The molecular formula is C21H27ClN2O4. The number of nitrogens with zero attached hydrogens (tertiary/aromatic N) is 1. The minimum atomic E-state index is -0.425. The Morgan fingerprint density at radius 2 is 1.82 bits per heavy atom. The van der Waals surface area contributed by atoms with E-state index in [1.54, 1.807) is 18.2 Å². The first-order valence-electron chi connectivity index (χ1n) is 9.42. The van der Waals surface area contributed by atoms with E-state index < -0.39 is 4.92 Å². The fraction of sp³-hybridized carbons (Fsp3) is 0.429. The molecule has 0 atom stereocenters. The van der Waals surface area contributed by atoms with Gasteiger partial charge in [0.05, 0.1) is 11.5 Å². The van der Waals surface area contributed by atoms with Crippen LogP contribution in [0.5, 0.6) is 11.5 Å². The Kier molecular flexibility index (Phi) is 8.54. The number of hydrogen-bond donors (Lipinski definition) is 1. The monoisotopic (exact) mass is 406 g/mol. The van der Waals surface area contributed by atoms with Crippen LogP contribution in [-0.2, 0) is 13.2 Å². The van der Waals surface area contributed by atoms with Gasteiger partial charge in [0.25, 0.3) is 5.69 Å². The molecule has 0 saturated heterocycles. The van der Waals surface area contributed by atoms with Gasteiger partial charge in [-0.25, -0.2) is 0 Å². The highest BCUT2D eigenvalue weighted by molar-refractivity contribution is 6.31. The fourth-order valence-electron chi connectivity index (χ4n) is 2.58. The lowest BCUT2D eigenvalue weighted by molar-refractivity contribution is -0.384. The Hall–Kier alpha value is -2.31. The standard InChI is InChI=1S/C21H27ClN2O4/c1-4-27-20-11-17(13-23-10-9-15(2)3)19(22)12-21(20)28-14-16-5-7-18(8-6-16)24(25)26/h5-8,11-12,15,23H,4,9-10,13-14H2,1-3H3. The van der Waals surface area contributed by atoms with Gasteiger partial charge >= 0.3 is 0 Å². The zero-order valence-corrected chi connectivity index (χ0v) is 17.3. The molecule has 28 heavy (non-hydrogen) atoms. The molecule has 0 bridgehead atoms. The summed E-state index contributed by atoms with van der Waals surface area (Å²) in [7, 11) is 0. The van der Waals surface area contributed by atoms with Crippen molar-refractivity contribution in [2.24, 2.45) is 5.92 Å². The first-order chi connectivity index (χ1) is 13.4. The number of nitrogens with one attached hydrogen (secondary N) is 1. The number of nitro groups is 1. The molecule has 0 unspecified atom stereocenters. The predicted molar refractivity (Wildman–Crippen MR) is 111 cm³/mol. The van der Waals surface area contributed by atoms with E-state index in [1.165, 1.54) is 12.1 Å². The molecule has 2 aromatic carbocycles. The number of halogens is 1. The smallest absolute Gasteiger partial charge is 0.269 e. The third kappa shape index (κ3) is 6.69. The van der Waals surface area contributed by atoms with Crippen LogP contribution in [0.15, 0.2) is 36.4 Å². The molecule has 152 valence electrons. The molecule has 6 nitrogen and oxygen atoms in total. The number of benzene rings is 2. The van der Waals surface area contributed by atoms with E-state index in [2.05, 4.69) is 19.2 Å². The molecule has 0 aliphatic carbocycles. The second-order valence-corrected chi connectivity index (χ2v) is 7.30. The van der Waals surface area contributed by atoms with Crippen molar-refractivity contribution in [2.45, 2.75) is 40.3 Å². The molecule has 7 heteroatoms. The molecule has 2 rings (SSSR count). The van der Waals surface area contributed by atoms with Crippen molar-refractivity contribution in [2.75, 3.05) is 13.2 Å². The second-order valence-electron chi connectivity index (χ2n) is 6.89. The van der Waals surface area contributed by atoms with E-state index in [0.717, 1.165) is 24.1 Å². The molecule has 0 heterocycles. The summed E-state index contributed by atoms with van der Waals surface area (Å²) in [5.41, 5.74) is 1.83. The third-order valence-corrected chi connectivity index (χ3v) is 4.52. The van der Waals surface area contributed by atoms with Crippen LogP contribution in [-0.4, -0.2) is 18.1 Å². The Balaban J connectivity index is 2.05. The summed E-state index contributed by atoms with van der Waals surface area (Å²) in [4.78, 5) is 10.3. The summed E-state index contributed by atoms with van der Waals surface area (Å²) in [6.45, 7) is 8.66. The zero-order chi connectivity index (χ0) is 20.5. The lowest BCUT2D eigenvalue weighted by Gasteiger charge is -2.15. The third-order valence-electron chi connectivity index (χ3n) is 4.17. The van der Waals surface area contributed by atoms with Gasteiger partial charge in [0.2, 0.25) is 0 Å². The number of rotatable bonds is 11. The number of nitro benzene ring substituents is 1. The number of non-ortho nitro benzene ring substituents is 1. The average molecular weight is 407 g/mol. The largest absolute Gasteiger partial charge is 0.490 e. The van der Waals surface area contributed by atoms with Crippen LogP contribution in [0.4, 0.5) is 5.69 Å². The second kappa shape index (κ2) is 10.9. The summed E-state index contributed by atoms with van der Waals surface area (Å²) in [6, 6.07) is 9.93. The fourth-order valence-corrected chi connectivity index (χ4v) is 2.80. The first kappa shape index (κ1) is 22.0. The van der Waals surface area contributed by atoms with Gasteiger partial charge < -0.3 is 14.8 Å². The van der Waals surface area contributed by atoms with Crippen LogP contribution in [0, 0.1) is 16.0 Å². The van der Waals surface area contributed by atoms with Crippen LogP contribution in [0.3, 0.4) is 0 Å². The number of hydrogen-bond acceptors (Lipinski definition) is 5. The molecular weight excluding hydrogens is 380 g/mol. The Bertz CT molecular complexity index is 779. The minimum Gasteiger partial charge on any atom is -0.490 e. The maximum absolute atomic E-state index is 10.7. The van der Waals surface area contributed by atoms with Crippen molar-refractivity contribution in [1.82, 2.24) is 5.32 Å². The predicted octanol–water partition coefficient (Wildman–Crippen LogP) is 5.36. The lowest BCUT2D eigenvalue weighted by atomic mass is 10.1. The number of ether oxygens (including phenoxy) is 2. The summed E-state index contributed by atoms with van der Waals surface area (Å²) >= 11 is 6.43. The maximum Gasteiger partial charge on any atom is 0.269 e. The lowest BCUT2D eigenvalue weighted by Crippen LogP contribution is -2.16. The van der Waals surface area contributed by atoms with Crippen LogP contribution in [0.25, 0.3) is 0 Å². The Labute approximate surface area is 171 Å². The quantitative estimate of drug-likeness (QED) is 0.309. The summed E-state index contributed by atoms with van der Waals surface area (Å²) in [5, 5.41) is 14.8. The SMILES string of the molecule is CCOc1cc(CNCCC(C)C)c(Cl)cc1OCc1ccc([N+](=O)[O-])cc1. The summed E-state index contributed by atoms with van der Waals surface area (Å²) < 4.78 is 11.6. The zero-order valence-electron chi connectivity index (χ0n) is 16.5. The highest BCUT2D eigenvalue weighted by atomic mass is 35.5. The summed E-state index contributed by atoms with van der Waals surface area (Å²) in [6.07, 6.45) is 1.10. The van der Waals surface area contributed by atoms with Gasteiger partial charge in [-0.2, -0.15) is 0 Å². The minimum absolute atomic E-state index is 0.0520. The van der Waals surface area contributed by atoms with Gasteiger partial charge in [0, 0.05) is 29.8 Å². The van der Waals surface area contributed by atoms with Crippen LogP contribution in [0.1, 0.15) is 38.3 Å². The molecule has 0 fully saturated rings. The van der Waals surface area contributed by atoms with Gasteiger partial charge in [-0.1, -0.05) is 25.4 Å². The molecule has 0 aliphatic heterocycles. The van der Waals surface area contributed by atoms with Crippen LogP contribution >= 0.6 is 11.6 Å². The molecule has 0 spiro atoms. The van der Waals surface area contributed by atoms with E-state index in [9.17, 15) is 10.1 Å². The van der Waals surface area contributed by atoms with E-state index >= 15 is 0 Å². The molecule has 0 amide bonds. The maximum atomic E-state index is 10.7. The summed E-state index contributed by atoms with van der Waals surface area (Å²) in [5.74, 6) is 1.84. The van der Waals surface area contributed by atoms with Gasteiger partial charge in [-0.15, -0.1) is 0 Å². The highest BCUT2D eigenvalue weighted by Gasteiger charge is 2.12.